The predicted molar refractivity (Wildman–Crippen MR) is 133 cm³/mol. The molecular formula is C30H28O3. The van der Waals surface area contributed by atoms with Gasteiger partial charge in [-0.05, 0) is 69.8 Å². The number of benzene rings is 4. The summed E-state index contributed by atoms with van der Waals surface area (Å²) in [5.41, 5.74) is 7.46. The average Bonchev–Trinajstić information content (AvgIpc) is 2.96. The van der Waals surface area contributed by atoms with Gasteiger partial charge in [0.25, 0.3) is 0 Å². The number of hydrogen-bond donors (Lipinski definition) is 1. The van der Waals surface area contributed by atoms with Crippen molar-refractivity contribution in [2.75, 3.05) is 14.2 Å². The second-order valence-electron chi connectivity index (χ2n) is 9.30. The largest absolute Gasteiger partial charge is 0.507 e. The highest BCUT2D eigenvalue weighted by Crippen LogP contribution is 2.57. The van der Waals surface area contributed by atoms with Crippen LogP contribution >= 0.6 is 0 Å². The molecular weight excluding hydrogens is 408 g/mol. The quantitative estimate of drug-likeness (QED) is 0.354. The highest BCUT2D eigenvalue weighted by molar-refractivity contribution is 6.07. The van der Waals surface area contributed by atoms with Crippen LogP contribution in [0, 0.1) is 0 Å². The van der Waals surface area contributed by atoms with E-state index in [1.807, 2.05) is 18.2 Å². The SMILES string of the molecule is COc1cc2c(O)cc3c(c2cc1OC)-c1ccccc1-c1ccccc1C31CCCCC1. The first-order valence-corrected chi connectivity index (χ1v) is 11.8. The van der Waals surface area contributed by atoms with E-state index in [-0.39, 0.29) is 5.41 Å². The minimum Gasteiger partial charge on any atom is -0.507 e. The standard InChI is InChI=1S/C30H28O3/c1-32-27-16-22-23(17-28(27)33-2)29-21-12-5-4-10-19(21)20-11-6-7-13-24(20)30(14-8-3-9-15-30)25(29)18-26(22)31/h4-7,10-13,16-18,31H,3,8-9,14-15H2,1-2H3. The molecule has 3 nitrogen and oxygen atoms in total. The molecule has 0 radical (unpaired) electrons. The summed E-state index contributed by atoms with van der Waals surface area (Å²) in [6, 6.07) is 23.6. The third-order valence-electron chi connectivity index (χ3n) is 7.77. The molecule has 0 atom stereocenters. The lowest BCUT2D eigenvalue weighted by Crippen LogP contribution is -2.31. The molecule has 166 valence electrons. The zero-order valence-corrected chi connectivity index (χ0v) is 19.2. The fraction of sp³-hybridized carbons (Fsp3) is 0.267. The van der Waals surface area contributed by atoms with Crippen molar-refractivity contribution in [1.82, 2.24) is 0 Å². The lowest BCUT2D eigenvalue weighted by atomic mass is 9.63. The monoisotopic (exact) mass is 436 g/mol. The Labute approximate surface area is 194 Å². The molecule has 0 unspecified atom stereocenters. The van der Waals surface area contributed by atoms with E-state index in [2.05, 4.69) is 48.5 Å². The van der Waals surface area contributed by atoms with E-state index in [9.17, 15) is 5.11 Å². The number of fused-ring (bicyclic) bond motifs is 9. The van der Waals surface area contributed by atoms with Crippen LogP contribution in [0.15, 0.2) is 66.7 Å². The van der Waals surface area contributed by atoms with E-state index >= 15 is 0 Å². The molecule has 1 fully saturated rings. The Morgan fingerprint density at radius 2 is 1.27 bits per heavy atom. The molecule has 0 bridgehead atoms. The first-order chi connectivity index (χ1) is 16.2. The molecule has 1 N–H and O–H groups in total. The molecule has 4 aromatic rings. The van der Waals surface area contributed by atoms with Gasteiger partial charge in [-0.3, -0.25) is 0 Å². The van der Waals surface area contributed by atoms with Crippen molar-refractivity contribution in [3.8, 4) is 39.5 Å². The Morgan fingerprint density at radius 3 is 1.97 bits per heavy atom. The maximum Gasteiger partial charge on any atom is 0.161 e. The van der Waals surface area contributed by atoms with Gasteiger partial charge in [0.2, 0.25) is 0 Å². The molecule has 2 aliphatic rings. The molecule has 0 saturated heterocycles. The van der Waals surface area contributed by atoms with Crippen molar-refractivity contribution >= 4 is 10.8 Å². The molecule has 0 aromatic heterocycles. The van der Waals surface area contributed by atoms with Gasteiger partial charge in [-0.25, -0.2) is 0 Å². The Kier molecular flexibility index (Phi) is 4.62. The minimum atomic E-state index is -0.123. The summed E-state index contributed by atoms with van der Waals surface area (Å²) >= 11 is 0. The van der Waals surface area contributed by atoms with Gasteiger partial charge in [0.1, 0.15) is 5.75 Å². The second-order valence-corrected chi connectivity index (χ2v) is 9.30. The van der Waals surface area contributed by atoms with Gasteiger partial charge in [-0.15, -0.1) is 0 Å². The smallest absolute Gasteiger partial charge is 0.161 e. The van der Waals surface area contributed by atoms with Crippen molar-refractivity contribution in [3.63, 3.8) is 0 Å². The number of ether oxygens (including phenoxy) is 2. The van der Waals surface area contributed by atoms with Crippen LogP contribution in [0.2, 0.25) is 0 Å². The van der Waals surface area contributed by atoms with Gasteiger partial charge in [0.15, 0.2) is 11.5 Å². The van der Waals surface area contributed by atoms with Crippen LogP contribution in [0.3, 0.4) is 0 Å². The summed E-state index contributed by atoms with van der Waals surface area (Å²) in [6.45, 7) is 0. The number of aromatic hydroxyl groups is 1. The van der Waals surface area contributed by atoms with E-state index in [1.54, 1.807) is 14.2 Å². The molecule has 0 aliphatic heterocycles. The van der Waals surface area contributed by atoms with Gasteiger partial charge < -0.3 is 14.6 Å². The van der Waals surface area contributed by atoms with Crippen molar-refractivity contribution in [2.24, 2.45) is 0 Å². The second kappa shape index (κ2) is 7.55. The maximum atomic E-state index is 11.3. The molecule has 6 rings (SSSR count). The van der Waals surface area contributed by atoms with Crippen LogP contribution in [-0.2, 0) is 5.41 Å². The first kappa shape index (κ1) is 20.2. The normalized spacial score (nSPS) is 15.9. The fourth-order valence-corrected chi connectivity index (χ4v) is 6.31. The van der Waals surface area contributed by atoms with Crippen molar-refractivity contribution in [3.05, 3.63) is 77.9 Å². The molecule has 1 saturated carbocycles. The highest BCUT2D eigenvalue weighted by Gasteiger charge is 2.42. The number of hydrogen-bond acceptors (Lipinski definition) is 3. The molecule has 4 aromatic carbocycles. The summed E-state index contributed by atoms with van der Waals surface area (Å²) in [5, 5.41) is 13.1. The summed E-state index contributed by atoms with van der Waals surface area (Å²) in [4.78, 5) is 0. The van der Waals surface area contributed by atoms with Crippen LogP contribution in [0.1, 0.15) is 43.2 Å². The number of phenolic OH excluding ortho intramolecular Hbond substituents is 1. The van der Waals surface area contributed by atoms with Crippen LogP contribution in [0.4, 0.5) is 0 Å². The fourth-order valence-electron chi connectivity index (χ4n) is 6.31. The summed E-state index contributed by atoms with van der Waals surface area (Å²) < 4.78 is 11.2. The number of methoxy groups -OCH3 is 2. The Hall–Kier alpha value is -3.46. The van der Waals surface area contributed by atoms with Crippen LogP contribution < -0.4 is 9.47 Å². The Bertz CT molecular complexity index is 1380. The van der Waals surface area contributed by atoms with Gasteiger partial charge >= 0.3 is 0 Å². The molecule has 0 heterocycles. The van der Waals surface area contributed by atoms with Crippen LogP contribution in [-0.4, -0.2) is 19.3 Å². The highest BCUT2D eigenvalue weighted by atomic mass is 16.5. The zero-order chi connectivity index (χ0) is 22.6. The van der Waals surface area contributed by atoms with Crippen molar-refractivity contribution < 1.29 is 14.6 Å². The first-order valence-electron chi connectivity index (χ1n) is 11.8. The number of rotatable bonds is 2. The Morgan fingerprint density at radius 1 is 0.667 bits per heavy atom. The van der Waals surface area contributed by atoms with Gasteiger partial charge in [-0.2, -0.15) is 0 Å². The summed E-state index contributed by atoms with van der Waals surface area (Å²) in [6.07, 6.45) is 5.81. The molecule has 33 heavy (non-hydrogen) atoms. The maximum absolute atomic E-state index is 11.3. The van der Waals surface area contributed by atoms with E-state index in [4.69, 9.17) is 9.47 Å². The van der Waals surface area contributed by atoms with E-state index in [0.29, 0.717) is 17.2 Å². The van der Waals surface area contributed by atoms with E-state index < -0.39 is 0 Å². The average molecular weight is 437 g/mol. The van der Waals surface area contributed by atoms with Gasteiger partial charge in [0, 0.05) is 10.8 Å². The topological polar surface area (TPSA) is 38.7 Å². The van der Waals surface area contributed by atoms with E-state index in [1.165, 1.54) is 52.6 Å². The predicted octanol–water partition coefficient (Wildman–Crippen LogP) is 7.46. The number of phenols is 1. The molecule has 3 heteroatoms. The third-order valence-corrected chi connectivity index (χ3v) is 7.77. The lowest BCUT2D eigenvalue weighted by Gasteiger charge is -2.40. The van der Waals surface area contributed by atoms with Gasteiger partial charge in [0.05, 0.1) is 14.2 Å². The molecule has 0 amide bonds. The summed E-state index contributed by atoms with van der Waals surface area (Å²) in [5.74, 6) is 1.60. The molecule has 2 aliphatic carbocycles. The lowest BCUT2D eigenvalue weighted by molar-refractivity contribution is 0.346. The van der Waals surface area contributed by atoms with Crippen molar-refractivity contribution in [2.45, 2.75) is 37.5 Å². The van der Waals surface area contributed by atoms with Crippen molar-refractivity contribution in [1.29, 1.82) is 0 Å². The zero-order valence-electron chi connectivity index (χ0n) is 19.2. The van der Waals surface area contributed by atoms with Gasteiger partial charge in [-0.1, -0.05) is 67.8 Å². The summed E-state index contributed by atoms with van der Waals surface area (Å²) in [7, 11) is 3.30. The third kappa shape index (κ3) is 2.81. The van der Waals surface area contributed by atoms with E-state index in [0.717, 1.165) is 23.6 Å². The van der Waals surface area contributed by atoms with Crippen LogP contribution in [0.5, 0.6) is 17.2 Å². The minimum absolute atomic E-state index is 0.123. The van der Waals surface area contributed by atoms with Crippen LogP contribution in [0.25, 0.3) is 33.0 Å². The Balaban J connectivity index is 1.83. The molecule has 1 spiro atoms.